The van der Waals surface area contributed by atoms with Crippen molar-refractivity contribution in [2.24, 2.45) is 0 Å². The molecule has 2 N–H and O–H groups in total. The zero-order chi connectivity index (χ0) is 21.2. The highest BCUT2D eigenvalue weighted by molar-refractivity contribution is 5.96. The Morgan fingerprint density at radius 1 is 1.00 bits per heavy atom. The zero-order valence-corrected chi connectivity index (χ0v) is 16.6. The van der Waals surface area contributed by atoms with Gasteiger partial charge in [0.15, 0.2) is 0 Å². The summed E-state index contributed by atoms with van der Waals surface area (Å²) >= 11 is 0. The molecule has 0 amide bonds. The summed E-state index contributed by atoms with van der Waals surface area (Å²) in [5.74, 6) is -0.360. The van der Waals surface area contributed by atoms with Crippen molar-refractivity contribution in [2.75, 3.05) is 4.90 Å². The maximum Gasteiger partial charge on any atom is 0.337 e. The third-order valence-electron chi connectivity index (χ3n) is 5.39. The van der Waals surface area contributed by atoms with E-state index in [1.54, 1.807) is 12.1 Å². The minimum atomic E-state index is -0.912. The Hall–Kier alpha value is -4.26. The predicted molar refractivity (Wildman–Crippen MR) is 117 cm³/mol. The summed E-state index contributed by atoms with van der Waals surface area (Å²) in [6, 6.07) is 21.6. The Morgan fingerprint density at radius 3 is 2.55 bits per heavy atom. The minimum Gasteiger partial charge on any atom is -0.478 e. The second-order valence-corrected chi connectivity index (χ2v) is 7.31. The summed E-state index contributed by atoms with van der Waals surface area (Å²) in [7, 11) is 0. The number of rotatable bonds is 5. The monoisotopic (exact) mass is 409 g/mol. The Balaban J connectivity index is 1.44. The molecule has 0 aliphatic carbocycles. The van der Waals surface area contributed by atoms with Crippen LogP contribution in [0, 0.1) is 0 Å². The molecule has 0 fully saturated rings. The smallest absolute Gasteiger partial charge is 0.337 e. The van der Waals surface area contributed by atoms with Crippen LogP contribution in [0.1, 0.15) is 21.5 Å². The minimum absolute atomic E-state index is 0.326. The molecule has 1 aliphatic rings. The molecule has 152 valence electrons. The van der Waals surface area contributed by atoms with E-state index in [0.29, 0.717) is 17.9 Å². The van der Waals surface area contributed by atoms with Crippen molar-refractivity contribution in [3.63, 3.8) is 0 Å². The van der Waals surface area contributed by atoms with Crippen molar-refractivity contribution in [3.8, 4) is 22.5 Å². The molecule has 5 rings (SSSR count). The lowest BCUT2D eigenvalue weighted by molar-refractivity contribution is 0.0697. The van der Waals surface area contributed by atoms with E-state index in [-0.39, 0.29) is 0 Å². The number of hydrogen-bond acceptors (Lipinski definition) is 5. The molecule has 0 saturated carbocycles. The fourth-order valence-electron chi connectivity index (χ4n) is 3.97. The highest BCUT2D eigenvalue weighted by Gasteiger charge is 2.21. The molecule has 7 heteroatoms. The van der Waals surface area contributed by atoms with Gasteiger partial charge in [-0.25, -0.2) is 4.79 Å². The second-order valence-electron chi connectivity index (χ2n) is 7.31. The topological polar surface area (TPSA) is 95.0 Å². The maximum absolute atomic E-state index is 11.7. The van der Waals surface area contributed by atoms with Gasteiger partial charge in [0.25, 0.3) is 0 Å². The summed E-state index contributed by atoms with van der Waals surface area (Å²) in [4.78, 5) is 13.7. The number of fused-ring (bicyclic) bond motifs is 1. The number of carbonyl (C=O) groups is 1. The predicted octanol–water partition coefficient (Wildman–Crippen LogP) is 4.31. The van der Waals surface area contributed by atoms with Gasteiger partial charge in [-0.2, -0.15) is 5.21 Å². The lowest BCUT2D eigenvalue weighted by atomic mass is 9.97. The lowest BCUT2D eigenvalue weighted by Crippen LogP contribution is -2.22. The van der Waals surface area contributed by atoms with Crippen LogP contribution in [-0.2, 0) is 13.0 Å². The number of carboxylic acid groups (broad SMARTS) is 1. The molecular weight excluding hydrogens is 390 g/mol. The van der Waals surface area contributed by atoms with Crippen LogP contribution in [0.5, 0.6) is 0 Å². The van der Waals surface area contributed by atoms with E-state index >= 15 is 0 Å². The number of aromatic carboxylic acids is 1. The largest absolute Gasteiger partial charge is 0.478 e. The van der Waals surface area contributed by atoms with Crippen LogP contribution in [0.25, 0.3) is 22.5 Å². The standard InChI is InChI=1S/C24H19N5O2/c30-24(31)21-9-3-5-18-6-4-14-29(22(18)21)15-16-10-12-17(13-11-16)19-7-1-2-8-20(19)23-25-27-28-26-23/h1-5,7-14H,6,15H2,(H,30,31)(H,25,26,27,28). The number of H-pyrrole nitrogens is 1. The molecule has 3 aromatic carbocycles. The Bertz CT molecular complexity index is 1260. The third-order valence-corrected chi connectivity index (χ3v) is 5.39. The van der Waals surface area contributed by atoms with Gasteiger partial charge >= 0.3 is 5.97 Å². The lowest BCUT2D eigenvalue weighted by Gasteiger charge is -2.28. The molecule has 4 aromatic rings. The van der Waals surface area contributed by atoms with Gasteiger partial charge in [0.1, 0.15) is 0 Å². The van der Waals surface area contributed by atoms with Crippen molar-refractivity contribution in [1.29, 1.82) is 0 Å². The van der Waals surface area contributed by atoms with Crippen molar-refractivity contribution < 1.29 is 9.90 Å². The van der Waals surface area contributed by atoms with Gasteiger partial charge in [-0.05, 0) is 40.0 Å². The van der Waals surface area contributed by atoms with Crippen LogP contribution in [0.4, 0.5) is 5.69 Å². The molecule has 0 unspecified atom stereocenters. The number of carboxylic acids is 1. The summed E-state index contributed by atoms with van der Waals surface area (Å²) in [6.07, 6.45) is 4.76. The van der Waals surface area contributed by atoms with Gasteiger partial charge in [0.2, 0.25) is 5.82 Å². The molecule has 7 nitrogen and oxygen atoms in total. The van der Waals surface area contributed by atoms with E-state index < -0.39 is 5.97 Å². The van der Waals surface area contributed by atoms with Gasteiger partial charge in [-0.3, -0.25) is 0 Å². The summed E-state index contributed by atoms with van der Waals surface area (Å²) in [5, 5.41) is 24.0. The number of para-hydroxylation sites is 1. The molecule has 1 aromatic heterocycles. The van der Waals surface area contributed by atoms with Crippen molar-refractivity contribution in [3.05, 3.63) is 95.7 Å². The number of tetrazole rings is 1. The molecule has 0 radical (unpaired) electrons. The van der Waals surface area contributed by atoms with Crippen molar-refractivity contribution in [1.82, 2.24) is 20.6 Å². The van der Waals surface area contributed by atoms with Crippen LogP contribution in [0.2, 0.25) is 0 Å². The summed E-state index contributed by atoms with van der Waals surface area (Å²) in [6.45, 7) is 0.584. The number of anilines is 1. The molecule has 0 saturated heterocycles. The first-order valence-corrected chi connectivity index (χ1v) is 9.91. The van der Waals surface area contributed by atoms with Gasteiger partial charge in [-0.15, -0.1) is 10.2 Å². The Morgan fingerprint density at radius 2 is 1.81 bits per heavy atom. The number of aromatic amines is 1. The Labute approximate surface area is 178 Å². The molecular formula is C24H19N5O2. The number of allylic oxidation sites excluding steroid dienone is 1. The average Bonchev–Trinajstić information content (AvgIpc) is 3.34. The van der Waals surface area contributed by atoms with Crippen LogP contribution in [-0.4, -0.2) is 31.7 Å². The first kappa shape index (κ1) is 18.7. The number of hydrogen-bond donors (Lipinski definition) is 2. The quantitative estimate of drug-likeness (QED) is 0.510. The van der Waals surface area contributed by atoms with Crippen molar-refractivity contribution in [2.45, 2.75) is 13.0 Å². The van der Waals surface area contributed by atoms with E-state index in [9.17, 15) is 9.90 Å². The molecule has 31 heavy (non-hydrogen) atoms. The number of benzene rings is 3. The SMILES string of the molecule is O=C(O)c1cccc2c1N(Cc1ccc(-c3ccccc3-c3nn[nH]n3)cc1)C=CC2. The summed E-state index contributed by atoms with van der Waals surface area (Å²) in [5.41, 5.74) is 6.17. The van der Waals surface area contributed by atoms with Gasteiger partial charge in [0, 0.05) is 18.3 Å². The fraction of sp³-hybridized carbons (Fsp3) is 0.0833. The molecule has 0 atom stereocenters. The van der Waals surface area contributed by atoms with E-state index in [4.69, 9.17) is 0 Å². The van der Waals surface area contributed by atoms with E-state index in [2.05, 4.69) is 51.0 Å². The Kier molecular flexibility index (Phi) is 4.76. The second kappa shape index (κ2) is 7.87. The molecule has 1 aliphatic heterocycles. The first-order valence-electron chi connectivity index (χ1n) is 9.91. The molecule has 0 spiro atoms. The number of nitrogens with one attached hydrogen (secondary N) is 1. The van der Waals surface area contributed by atoms with E-state index in [1.165, 1.54) is 0 Å². The first-order chi connectivity index (χ1) is 15.2. The number of aromatic nitrogens is 4. The number of nitrogens with zero attached hydrogens (tertiary/aromatic N) is 4. The normalized spacial score (nSPS) is 12.6. The maximum atomic E-state index is 11.7. The van der Waals surface area contributed by atoms with E-state index in [1.807, 2.05) is 41.4 Å². The molecule has 2 heterocycles. The summed E-state index contributed by atoms with van der Waals surface area (Å²) < 4.78 is 0. The fourth-order valence-corrected chi connectivity index (χ4v) is 3.97. The highest BCUT2D eigenvalue weighted by atomic mass is 16.4. The van der Waals surface area contributed by atoms with Crippen LogP contribution in [0.3, 0.4) is 0 Å². The van der Waals surface area contributed by atoms with Crippen LogP contribution >= 0.6 is 0 Å². The van der Waals surface area contributed by atoms with Crippen LogP contribution < -0.4 is 4.90 Å². The van der Waals surface area contributed by atoms with E-state index in [0.717, 1.165) is 39.9 Å². The average molecular weight is 409 g/mol. The molecule has 0 bridgehead atoms. The van der Waals surface area contributed by atoms with Gasteiger partial charge < -0.3 is 10.0 Å². The highest BCUT2D eigenvalue weighted by Crippen LogP contribution is 2.33. The van der Waals surface area contributed by atoms with Crippen molar-refractivity contribution >= 4 is 11.7 Å². The zero-order valence-electron chi connectivity index (χ0n) is 16.6. The van der Waals surface area contributed by atoms with Gasteiger partial charge in [-0.1, -0.05) is 66.7 Å². The third kappa shape index (κ3) is 3.57. The van der Waals surface area contributed by atoms with Crippen LogP contribution in [0.15, 0.2) is 79.0 Å². The van der Waals surface area contributed by atoms with Gasteiger partial charge in [0.05, 0.1) is 11.3 Å².